The maximum atomic E-state index is 13.0. The van der Waals surface area contributed by atoms with Crippen LogP contribution in [0, 0.1) is 13.8 Å². The number of hydrogen-bond donors (Lipinski definition) is 1. The van der Waals surface area contributed by atoms with E-state index in [9.17, 15) is 4.79 Å². The van der Waals surface area contributed by atoms with Crippen molar-refractivity contribution >= 4 is 0 Å². The zero-order chi connectivity index (χ0) is 18.8. The third kappa shape index (κ3) is 3.06. The monoisotopic (exact) mass is 353 g/mol. The molecule has 3 aromatic heterocycles. The van der Waals surface area contributed by atoms with Gasteiger partial charge in [0.1, 0.15) is 0 Å². The molecule has 4 nitrogen and oxygen atoms in total. The van der Waals surface area contributed by atoms with Crippen molar-refractivity contribution in [3.63, 3.8) is 0 Å². The van der Waals surface area contributed by atoms with Crippen molar-refractivity contribution in [1.82, 2.24) is 15.0 Å². The fourth-order valence-corrected chi connectivity index (χ4v) is 3.51. The Morgan fingerprint density at radius 2 is 1.63 bits per heavy atom. The fraction of sp³-hybridized carbons (Fsp3) is 0.0870. The molecule has 0 radical (unpaired) electrons. The molecule has 0 spiro atoms. The van der Waals surface area contributed by atoms with E-state index in [1.54, 1.807) is 24.8 Å². The molecule has 0 amide bonds. The van der Waals surface area contributed by atoms with Gasteiger partial charge in [-0.3, -0.25) is 14.8 Å². The van der Waals surface area contributed by atoms with Gasteiger partial charge in [-0.15, -0.1) is 0 Å². The van der Waals surface area contributed by atoms with E-state index in [4.69, 9.17) is 0 Å². The summed E-state index contributed by atoms with van der Waals surface area (Å²) in [5.74, 6) is 0. The Kier molecular flexibility index (Phi) is 4.38. The van der Waals surface area contributed by atoms with Gasteiger partial charge >= 0.3 is 0 Å². The van der Waals surface area contributed by atoms with Gasteiger partial charge in [0, 0.05) is 41.5 Å². The molecule has 0 atom stereocenters. The Labute approximate surface area is 157 Å². The quantitative estimate of drug-likeness (QED) is 0.576. The molecule has 0 aliphatic carbocycles. The highest BCUT2D eigenvalue weighted by Gasteiger charge is 2.20. The summed E-state index contributed by atoms with van der Waals surface area (Å²) in [4.78, 5) is 24.7. The Morgan fingerprint density at radius 1 is 0.815 bits per heavy atom. The normalized spacial score (nSPS) is 10.7. The minimum absolute atomic E-state index is 0.120. The van der Waals surface area contributed by atoms with E-state index in [2.05, 4.69) is 15.0 Å². The number of pyridine rings is 3. The first-order valence-electron chi connectivity index (χ1n) is 8.81. The fourth-order valence-electron chi connectivity index (χ4n) is 3.51. The topological polar surface area (TPSA) is 58.6 Å². The lowest BCUT2D eigenvalue weighted by Crippen LogP contribution is -2.13. The van der Waals surface area contributed by atoms with Gasteiger partial charge in [0.2, 0.25) is 0 Å². The molecule has 4 aromatic rings. The van der Waals surface area contributed by atoms with E-state index in [1.807, 2.05) is 62.4 Å². The minimum atomic E-state index is -0.120. The first-order chi connectivity index (χ1) is 13.2. The number of aromatic amines is 1. The average Bonchev–Trinajstić information content (AvgIpc) is 2.70. The number of hydrogen-bond acceptors (Lipinski definition) is 3. The average molecular weight is 353 g/mol. The van der Waals surface area contributed by atoms with Crippen LogP contribution in [0.4, 0.5) is 0 Å². The van der Waals surface area contributed by atoms with E-state index in [0.29, 0.717) is 5.56 Å². The molecule has 0 saturated carbocycles. The van der Waals surface area contributed by atoms with Crippen LogP contribution in [0.15, 0.2) is 78.1 Å². The molecule has 27 heavy (non-hydrogen) atoms. The molecule has 0 unspecified atom stereocenters. The first kappa shape index (κ1) is 16.9. The number of rotatable bonds is 3. The predicted octanol–water partition coefficient (Wildman–Crippen LogP) is 4.78. The summed E-state index contributed by atoms with van der Waals surface area (Å²) in [5, 5.41) is 0. The number of nitrogens with zero attached hydrogens (tertiary/aromatic N) is 2. The van der Waals surface area contributed by atoms with E-state index in [-0.39, 0.29) is 5.56 Å². The Bertz CT molecular complexity index is 1130. The number of H-pyrrole nitrogens is 1. The van der Waals surface area contributed by atoms with Gasteiger partial charge in [0.25, 0.3) is 5.56 Å². The lowest BCUT2D eigenvalue weighted by molar-refractivity contribution is 1.21. The smallest absolute Gasteiger partial charge is 0.256 e. The Morgan fingerprint density at radius 3 is 2.30 bits per heavy atom. The van der Waals surface area contributed by atoms with Gasteiger partial charge < -0.3 is 4.98 Å². The molecule has 132 valence electrons. The highest BCUT2D eigenvalue weighted by atomic mass is 16.1. The summed E-state index contributed by atoms with van der Waals surface area (Å²) in [6.07, 6.45) is 7.02. The molecule has 0 fully saturated rings. The van der Waals surface area contributed by atoms with Crippen molar-refractivity contribution < 1.29 is 0 Å². The van der Waals surface area contributed by atoms with Crippen molar-refractivity contribution in [3.8, 4) is 33.5 Å². The zero-order valence-electron chi connectivity index (χ0n) is 15.2. The predicted molar refractivity (Wildman–Crippen MR) is 108 cm³/mol. The first-order valence-corrected chi connectivity index (χ1v) is 8.81. The van der Waals surface area contributed by atoms with Gasteiger partial charge in [-0.05, 0) is 48.7 Å². The SMILES string of the molecule is Cc1cccc(C)c1-c1c(-c2cccnc2)c(-c2ccccn2)c[nH]c1=O. The van der Waals surface area contributed by atoms with Crippen molar-refractivity contribution in [2.24, 2.45) is 0 Å². The van der Waals surface area contributed by atoms with Gasteiger partial charge in [-0.25, -0.2) is 0 Å². The number of benzene rings is 1. The molecule has 4 heteroatoms. The third-order valence-corrected chi connectivity index (χ3v) is 4.72. The van der Waals surface area contributed by atoms with Crippen LogP contribution in [-0.4, -0.2) is 15.0 Å². The molecule has 0 bridgehead atoms. The molecular weight excluding hydrogens is 334 g/mol. The van der Waals surface area contributed by atoms with E-state index in [0.717, 1.165) is 39.1 Å². The third-order valence-electron chi connectivity index (χ3n) is 4.72. The maximum absolute atomic E-state index is 13.0. The van der Waals surface area contributed by atoms with Crippen LogP contribution in [-0.2, 0) is 0 Å². The van der Waals surface area contributed by atoms with Crippen LogP contribution in [0.2, 0.25) is 0 Å². The number of nitrogens with one attached hydrogen (secondary N) is 1. The highest BCUT2D eigenvalue weighted by Crippen LogP contribution is 2.38. The van der Waals surface area contributed by atoms with Gasteiger partial charge in [-0.1, -0.05) is 30.3 Å². The molecule has 3 heterocycles. The number of aromatic nitrogens is 3. The second kappa shape index (κ2) is 7.00. The largest absolute Gasteiger partial charge is 0.328 e. The van der Waals surface area contributed by atoms with Crippen molar-refractivity contribution in [1.29, 1.82) is 0 Å². The summed E-state index contributed by atoms with van der Waals surface area (Å²) in [6.45, 7) is 4.06. The molecule has 0 aliphatic rings. The number of aryl methyl sites for hydroxylation is 2. The van der Waals surface area contributed by atoms with Crippen molar-refractivity contribution in [2.75, 3.05) is 0 Å². The molecule has 0 saturated heterocycles. The summed E-state index contributed by atoms with van der Waals surface area (Å²) < 4.78 is 0. The summed E-state index contributed by atoms with van der Waals surface area (Å²) in [7, 11) is 0. The van der Waals surface area contributed by atoms with Crippen LogP contribution in [0.5, 0.6) is 0 Å². The van der Waals surface area contributed by atoms with Crippen molar-refractivity contribution in [3.05, 3.63) is 94.8 Å². The minimum Gasteiger partial charge on any atom is -0.328 e. The second-order valence-corrected chi connectivity index (χ2v) is 6.50. The molecule has 1 N–H and O–H groups in total. The highest BCUT2D eigenvalue weighted by molar-refractivity contribution is 5.94. The van der Waals surface area contributed by atoms with Crippen LogP contribution in [0.25, 0.3) is 33.5 Å². The molecule has 0 aliphatic heterocycles. The van der Waals surface area contributed by atoms with E-state index >= 15 is 0 Å². The van der Waals surface area contributed by atoms with E-state index in [1.165, 1.54) is 0 Å². The molecule has 4 rings (SSSR count). The van der Waals surface area contributed by atoms with Crippen molar-refractivity contribution in [2.45, 2.75) is 13.8 Å². The molecular formula is C23H19N3O. The lowest BCUT2D eigenvalue weighted by Gasteiger charge is -2.17. The van der Waals surface area contributed by atoms with E-state index < -0.39 is 0 Å². The zero-order valence-corrected chi connectivity index (χ0v) is 15.2. The Hall–Kier alpha value is -3.53. The van der Waals surface area contributed by atoms with Gasteiger partial charge in [0.05, 0.1) is 11.3 Å². The van der Waals surface area contributed by atoms with Crippen LogP contribution < -0.4 is 5.56 Å². The van der Waals surface area contributed by atoms with Crippen LogP contribution in [0.3, 0.4) is 0 Å². The summed E-state index contributed by atoms with van der Waals surface area (Å²) in [6, 6.07) is 15.7. The Balaban J connectivity index is 2.15. The molecule has 1 aromatic carbocycles. The summed E-state index contributed by atoms with van der Waals surface area (Å²) >= 11 is 0. The summed E-state index contributed by atoms with van der Waals surface area (Å²) in [5.41, 5.74) is 7.03. The van der Waals surface area contributed by atoms with Crippen LogP contribution >= 0.6 is 0 Å². The standard InChI is InChI=1S/C23H19N3O/c1-15-7-5-8-16(2)20(15)22-21(17-9-6-11-24-13-17)18(14-26-23(22)27)19-10-3-4-12-25-19/h3-14H,1-2H3,(H,26,27). The van der Waals surface area contributed by atoms with Crippen LogP contribution in [0.1, 0.15) is 11.1 Å². The maximum Gasteiger partial charge on any atom is 0.256 e. The second-order valence-electron chi connectivity index (χ2n) is 6.50. The van der Waals surface area contributed by atoms with Gasteiger partial charge in [-0.2, -0.15) is 0 Å². The lowest BCUT2D eigenvalue weighted by atomic mass is 9.88. The van der Waals surface area contributed by atoms with Gasteiger partial charge in [0.15, 0.2) is 0 Å².